The summed E-state index contributed by atoms with van der Waals surface area (Å²) < 4.78 is 5.00. The van der Waals surface area contributed by atoms with Crippen LogP contribution in [0.5, 0.6) is 11.5 Å². The second kappa shape index (κ2) is 6.10. The van der Waals surface area contributed by atoms with Gasteiger partial charge in [0.05, 0.1) is 7.11 Å². The molecule has 2 rings (SSSR count). The molecule has 1 atom stereocenters. The van der Waals surface area contributed by atoms with Crippen molar-refractivity contribution >= 4 is 12.4 Å². The number of phenols is 1. The van der Waals surface area contributed by atoms with Gasteiger partial charge in [-0.2, -0.15) is 0 Å². The first-order valence-corrected chi connectivity index (χ1v) is 5.53. The summed E-state index contributed by atoms with van der Waals surface area (Å²) in [6, 6.07) is 5.82. The molecule has 1 saturated heterocycles. The zero-order valence-electron chi connectivity index (χ0n) is 9.93. The van der Waals surface area contributed by atoms with Gasteiger partial charge in [0.2, 0.25) is 0 Å². The van der Waals surface area contributed by atoms with Crippen molar-refractivity contribution in [3.8, 4) is 11.5 Å². The van der Waals surface area contributed by atoms with Gasteiger partial charge in [-0.3, -0.25) is 4.90 Å². The SMILES string of the molecule is COc1ccc(CN2CCC(N)C2)cc1O.Cl. The van der Waals surface area contributed by atoms with E-state index in [9.17, 15) is 5.11 Å². The molecular formula is C12H19ClN2O2. The highest BCUT2D eigenvalue weighted by atomic mass is 35.5. The summed E-state index contributed by atoms with van der Waals surface area (Å²) in [5.74, 6) is 0.713. The van der Waals surface area contributed by atoms with E-state index in [1.54, 1.807) is 19.2 Å². The molecule has 0 amide bonds. The van der Waals surface area contributed by atoms with Crippen LogP contribution in [-0.4, -0.2) is 36.2 Å². The summed E-state index contributed by atoms with van der Waals surface area (Å²) in [5, 5.41) is 9.65. The van der Waals surface area contributed by atoms with Crippen LogP contribution < -0.4 is 10.5 Å². The lowest BCUT2D eigenvalue weighted by molar-refractivity contribution is 0.325. The van der Waals surface area contributed by atoms with Crippen molar-refractivity contribution < 1.29 is 9.84 Å². The minimum Gasteiger partial charge on any atom is -0.504 e. The number of likely N-dealkylation sites (tertiary alicyclic amines) is 1. The van der Waals surface area contributed by atoms with Gasteiger partial charge in [-0.1, -0.05) is 6.07 Å². The molecular weight excluding hydrogens is 240 g/mol. The fraction of sp³-hybridized carbons (Fsp3) is 0.500. The number of halogens is 1. The van der Waals surface area contributed by atoms with E-state index in [4.69, 9.17) is 10.5 Å². The summed E-state index contributed by atoms with van der Waals surface area (Å²) in [5.41, 5.74) is 6.93. The molecule has 0 bridgehead atoms. The normalized spacial score (nSPS) is 20.0. The van der Waals surface area contributed by atoms with Crippen molar-refractivity contribution in [3.05, 3.63) is 23.8 Å². The zero-order valence-corrected chi connectivity index (χ0v) is 10.7. The lowest BCUT2D eigenvalue weighted by Gasteiger charge is -2.15. The second-order valence-corrected chi connectivity index (χ2v) is 4.29. The summed E-state index contributed by atoms with van der Waals surface area (Å²) in [6.45, 7) is 2.81. The average Bonchev–Trinajstić information content (AvgIpc) is 2.64. The molecule has 96 valence electrons. The van der Waals surface area contributed by atoms with Crippen LogP contribution in [0.25, 0.3) is 0 Å². The molecule has 0 aliphatic carbocycles. The number of nitrogens with zero attached hydrogens (tertiary/aromatic N) is 1. The van der Waals surface area contributed by atoms with E-state index in [0.717, 1.165) is 31.6 Å². The molecule has 1 heterocycles. The summed E-state index contributed by atoms with van der Waals surface area (Å²) >= 11 is 0. The second-order valence-electron chi connectivity index (χ2n) is 4.29. The van der Waals surface area contributed by atoms with Crippen molar-refractivity contribution in [2.75, 3.05) is 20.2 Å². The van der Waals surface area contributed by atoms with Gasteiger partial charge in [-0.25, -0.2) is 0 Å². The molecule has 1 aromatic rings. The number of phenolic OH excluding ortho intramolecular Hbond substituents is 1. The van der Waals surface area contributed by atoms with Gasteiger partial charge in [-0.05, 0) is 24.1 Å². The third-order valence-electron chi connectivity index (χ3n) is 2.96. The predicted octanol–water partition coefficient (Wildman–Crippen LogP) is 1.36. The fourth-order valence-electron chi connectivity index (χ4n) is 2.10. The fourth-order valence-corrected chi connectivity index (χ4v) is 2.10. The molecule has 17 heavy (non-hydrogen) atoms. The van der Waals surface area contributed by atoms with Crippen LogP contribution in [0.4, 0.5) is 0 Å². The molecule has 5 heteroatoms. The average molecular weight is 259 g/mol. The number of methoxy groups -OCH3 is 1. The maximum Gasteiger partial charge on any atom is 0.160 e. The smallest absolute Gasteiger partial charge is 0.160 e. The zero-order chi connectivity index (χ0) is 11.5. The van der Waals surface area contributed by atoms with Crippen molar-refractivity contribution in [2.24, 2.45) is 5.73 Å². The summed E-state index contributed by atoms with van der Waals surface area (Å²) in [6.07, 6.45) is 1.06. The Kier molecular flexibility index (Phi) is 5.05. The minimum absolute atomic E-state index is 0. The first-order chi connectivity index (χ1) is 7.69. The van der Waals surface area contributed by atoms with Crippen molar-refractivity contribution in [1.29, 1.82) is 0 Å². The Morgan fingerprint density at radius 3 is 2.82 bits per heavy atom. The Balaban J connectivity index is 0.00000144. The highest BCUT2D eigenvalue weighted by Gasteiger charge is 2.19. The van der Waals surface area contributed by atoms with Crippen LogP contribution in [0.15, 0.2) is 18.2 Å². The number of nitrogens with two attached hydrogens (primary N) is 1. The van der Waals surface area contributed by atoms with Crippen LogP contribution in [0, 0.1) is 0 Å². The van der Waals surface area contributed by atoms with Crippen molar-refractivity contribution in [3.63, 3.8) is 0 Å². The molecule has 0 radical (unpaired) electrons. The lowest BCUT2D eigenvalue weighted by Crippen LogP contribution is -2.26. The van der Waals surface area contributed by atoms with Crippen LogP contribution in [-0.2, 0) is 6.54 Å². The van der Waals surface area contributed by atoms with E-state index >= 15 is 0 Å². The van der Waals surface area contributed by atoms with Gasteiger partial charge < -0.3 is 15.6 Å². The van der Waals surface area contributed by atoms with Gasteiger partial charge in [-0.15, -0.1) is 12.4 Å². The van der Waals surface area contributed by atoms with Crippen molar-refractivity contribution in [1.82, 2.24) is 4.90 Å². The van der Waals surface area contributed by atoms with E-state index in [2.05, 4.69) is 4.90 Å². The highest BCUT2D eigenvalue weighted by Crippen LogP contribution is 2.27. The summed E-state index contributed by atoms with van der Waals surface area (Å²) in [7, 11) is 1.55. The van der Waals surface area contributed by atoms with Crippen LogP contribution in [0.2, 0.25) is 0 Å². The van der Waals surface area contributed by atoms with E-state index in [1.165, 1.54) is 0 Å². The largest absolute Gasteiger partial charge is 0.504 e. The number of aromatic hydroxyl groups is 1. The molecule has 1 fully saturated rings. The molecule has 1 aromatic carbocycles. The molecule has 1 unspecified atom stereocenters. The Bertz CT molecular complexity index is 374. The van der Waals surface area contributed by atoms with Gasteiger partial charge in [0.1, 0.15) is 0 Å². The molecule has 0 aromatic heterocycles. The molecule has 4 nitrogen and oxygen atoms in total. The first kappa shape index (κ1) is 14.1. The maximum absolute atomic E-state index is 9.65. The predicted molar refractivity (Wildman–Crippen MR) is 69.8 cm³/mol. The number of hydrogen-bond acceptors (Lipinski definition) is 4. The Labute approximate surface area is 108 Å². The minimum atomic E-state index is 0. The Hall–Kier alpha value is -0.970. The molecule has 0 spiro atoms. The standard InChI is InChI=1S/C12H18N2O2.ClH/c1-16-12-3-2-9(6-11(12)15)7-14-5-4-10(13)8-14;/h2-3,6,10,15H,4-5,7-8,13H2,1H3;1H. The maximum atomic E-state index is 9.65. The van der Waals surface area contributed by atoms with E-state index in [-0.39, 0.29) is 18.2 Å². The number of hydrogen-bond donors (Lipinski definition) is 2. The van der Waals surface area contributed by atoms with Crippen LogP contribution in [0.3, 0.4) is 0 Å². The van der Waals surface area contributed by atoms with E-state index in [1.807, 2.05) is 6.07 Å². The monoisotopic (exact) mass is 258 g/mol. The van der Waals surface area contributed by atoms with E-state index < -0.39 is 0 Å². The molecule has 0 saturated carbocycles. The van der Waals surface area contributed by atoms with Gasteiger partial charge in [0.15, 0.2) is 11.5 Å². The molecule has 3 N–H and O–H groups in total. The quantitative estimate of drug-likeness (QED) is 0.860. The van der Waals surface area contributed by atoms with Crippen molar-refractivity contribution in [2.45, 2.75) is 19.0 Å². The van der Waals surface area contributed by atoms with Gasteiger partial charge >= 0.3 is 0 Å². The first-order valence-electron chi connectivity index (χ1n) is 5.53. The van der Waals surface area contributed by atoms with E-state index in [0.29, 0.717) is 11.8 Å². The number of benzene rings is 1. The van der Waals surface area contributed by atoms with Gasteiger partial charge in [0, 0.05) is 25.7 Å². The van der Waals surface area contributed by atoms with Crippen LogP contribution in [0.1, 0.15) is 12.0 Å². The topological polar surface area (TPSA) is 58.7 Å². The van der Waals surface area contributed by atoms with Crippen LogP contribution >= 0.6 is 12.4 Å². The lowest BCUT2D eigenvalue weighted by atomic mass is 10.2. The third kappa shape index (κ3) is 3.49. The third-order valence-corrected chi connectivity index (χ3v) is 2.96. The van der Waals surface area contributed by atoms with Gasteiger partial charge in [0.25, 0.3) is 0 Å². The molecule has 1 aliphatic heterocycles. The highest BCUT2D eigenvalue weighted by molar-refractivity contribution is 5.85. The number of rotatable bonds is 3. The molecule has 1 aliphatic rings. The summed E-state index contributed by atoms with van der Waals surface area (Å²) in [4.78, 5) is 2.30. The number of ether oxygens (including phenoxy) is 1. The Morgan fingerprint density at radius 1 is 1.53 bits per heavy atom. The Morgan fingerprint density at radius 2 is 2.29 bits per heavy atom.